The molecule has 0 bridgehead atoms. The van der Waals surface area contributed by atoms with E-state index in [2.05, 4.69) is 6.92 Å². The van der Waals surface area contributed by atoms with Crippen LogP contribution in [-0.2, 0) is 9.47 Å². The van der Waals surface area contributed by atoms with Crippen molar-refractivity contribution in [3.63, 3.8) is 0 Å². The Morgan fingerprint density at radius 1 is 1.24 bits per heavy atom. The molecule has 1 aromatic rings. The zero-order chi connectivity index (χ0) is 17.7. The Balaban J connectivity index is 1.68. The van der Waals surface area contributed by atoms with Crippen LogP contribution in [0.25, 0.3) is 0 Å². The number of hydrogen-bond donors (Lipinski definition) is 0. The smallest absolute Gasteiger partial charge is 0.338 e. The predicted molar refractivity (Wildman–Crippen MR) is 94.3 cm³/mol. The highest BCUT2D eigenvalue weighted by atomic mass is 16.6. The van der Waals surface area contributed by atoms with Crippen LogP contribution in [0.15, 0.2) is 18.2 Å². The number of carbonyl (C=O) groups excluding carboxylic acids is 1. The SMILES string of the molecule is CCCCOc1ccc(C(=O)OC2(C3CCOC3)CC2)cc1OCC. The van der Waals surface area contributed by atoms with Gasteiger partial charge < -0.3 is 18.9 Å². The van der Waals surface area contributed by atoms with Gasteiger partial charge in [0.25, 0.3) is 0 Å². The summed E-state index contributed by atoms with van der Waals surface area (Å²) >= 11 is 0. The fourth-order valence-corrected chi connectivity index (χ4v) is 3.26. The minimum Gasteiger partial charge on any atom is -0.490 e. The lowest BCUT2D eigenvalue weighted by Crippen LogP contribution is -2.29. The molecule has 1 unspecified atom stereocenters. The minimum absolute atomic E-state index is 0.287. The first-order valence-corrected chi connectivity index (χ1v) is 9.39. The molecule has 1 aromatic carbocycles. The molecule has 1 saturated carbocycles. The number of esters is 1. The Kier molecular flexibility index (Phi) is 5.84. The molecule has 3 rings (SSSR count). The summed E-state index contributed by atoms with van der Waals surface area (Å²) < 4.78 is 22.7. The van der Waals surface area contributed by atoms with Gasteiger partial charge in [-0.15, -0.1) is 0 Å². The van der Waals surface area contributed by atoms with E-state index in [1.165, 1.54) is 0 Å². The molecule has 2 fully saturated rings. The van der Waals surface area contributed by atoms with Crippen LogP contribution in [0, 0.1) is 5.92 Å². The van der Waals surface area contributed by atoms with Crippen molar-refractivity contribution in [1.82, 2.24) is 0 Å². The van der Waals surface area contributed by atoms with E-state index in [1.54, 1.807) is 18.2 Å². The number of unbranched alkanes of at least 4 members (excludes halogenated alkanes) is 1. The van der Waals surface area contributed by atoms with Crippen molar-refractivity contribution in [1.29, 1.82) is 0 Å². The molecule has 0 spiro atoms. The molecule has 0 radical (unpaired) electrons. The molecule has 1 atom stereocenters. The van der Waals surface area contributed by atoms with Crippen molar-refractivity contribution in [3.05, 3.63) is 23.8 Å². The van der Waals surface area contributed by atoms with E-state index in [0.717, 1.165) is 38.7 Å². The highest BCUT2D eigenvalue weighted by Crippen LogP contribution is 2.49. The molecule has 0 amide bonds. The zero-order valence-corrected chi connectivity index (χ0v) is 15.2. The average molecular weight is 348 g/mol. The fraction of sp³-hybridized carbons (Fsp3) is 0.650. The van der Waals surface area contributed by atoms with Gasteiger partial charge in [0, 0.05) is 12.5 Å². The molecular weight excluding hydrogens is 320 g/mol. The summed E-state index contributed by atoms with van der Waals surface area (Å²) in [5.41, 5.74) is 0.201. The Hall–Kier alpha value is -1.75. The molecule has 1 saturated heterocycles. The monoisotopic (exact) mass is 348 g/mol. The second kappa shape index (κ2) is 8.09. The van der Waals surface area contributed by atoms with E-state index in [-0.39, 0.29) is 11.6 Å². The molecule has 25 heavy (non-hydrogen) atoms. The van der Waals surface area contributed by atoms with Crippen LogP contribution in [0.3, 0.4) is 0 Å². The third kappa shape index (κ3) is 4.27. The number of ether oxygens (including phenoxy) is 4. The van der Waals surface area contributed by atoms with Crippen LogP contribution in [0.2, 0.25) is 0 Å². The van der Waals surface area contributed by atoms with Crippen molar-refractivity contribution >= 4 is 5.97 Å². The molecule has 5 heteroatoms. The average Bonchev–Trinajstić information content (AvgIpc) is 3.17. The summed E-state index contributed by atoms with van der Waals surface area (Å²) in [6.45, 7) is 6.66. The quantitative estimate of drug-likeness (QED) is 0.499. The van der Waals surface area contributed by atoms with Crippen molar-refractivity contribution in [2.24, 2.45) is 5.92 Å². The van der Waals surface area contributed by atoms with Crippen LogP contribution in [0.4, 0.5) is 0 Å². The first-order chi connectivity index (χ1) is 12.2. The Morgan fingerprint density at radius 2 is 2.08 bits per heavy atom. The molecule has 2 aliphatic rings. The Labute approximate surface area is 149 Å². The van der Waals surface area contributed by atoms with Crippen LogP contribution >= 0.6 is 0 Å². The number of benzene rings is 1. The van der Waals surface area contributed by atoms with E-state index in [1.807, 2.05) is 6.92 Å². The lowest BCUT2D eigenvalue weighted by Gasteiger charge is -2.22. The largest absolute Gasteiger partial charge is 0.490 e. The summed E-state index contributed by atoms with van der Waals surface area (Å²) in [7, 11) is 0. The number of rotatable bonds is 9. The van der Waals surface area contributed by atoms with Crippen molar-refractivity contribution < 1.29 is 23.7 Å². The summed E-state index contributed by atoms with van der Waals surface area (Å²) in [6, 6.07) is 5.29. The fourth-order valence-electron chi connectivity index (χ4n) is 3.26. The molecule has 138 valence electrons. The number of carbonyl (C=O) groups is 1. The van der Waals surface area contributed by atoms with Gasteiger partial charge in [0.1, 0.15) is 5.60 Å². The highest BCUT2D eigenvalue weighted by molar-refractivity contribution is 5.90. The Bertz CT molecular complexity index is 588. The first kappa shape index (κ1) is 18.1. The summed E-state index contributed by atoms with van der Waals surface area (Å²) in [6.07, 6.45) is 4.90. The second-order valence-electron chi connectivity index (χ2n) is 6.81. The maximum Gasteiger partial charge on any atom is 0.338 e. The molecule has 0 aromatic heterocycles. The molecule has 1 aliphatic heterocycles. The third-order valence-electron chi connectivity index (χ3n) is 4.95. The standard InChI is InChI=1S/C20H28O5/c1-3-5-11-24-17-7-6-15(13-18(17)23-4-2)19(21)25-20(9-10-20)16-8-12-22-14-16/h6-7,13,16H,3-5,8-12,14H2,1-2H3. The summed E-state index contributed by atoms with van der Waals surface area (Å²) in [5, 5.41) is 0. The van der Waals surface area contributed by atoms with E-state index < -0.39 is 0 Å². The first-order valence-electron chi connectivity index (χ1n) is 9.39. The lowest BCUT2D eigenvalue weighted by atomic mass is 9.99. The van der Waals surface area contributed by atoms with Gasteiger partial charge in [0.2, 0.25) is 0 Å². The molecule has 5 nitrogen and oxygen atoms in total. The van der Waals surface area contributed by atoms with Crippen LogP contribution in [0.5, 0.6) is 11.5 Å². The minimum atomic E-state index is -0.310. The van der Waals surface area contributed by atoms with Gasteiger partial charge in [0.05, 0.1) is 25.4 Å². The van der Waals surface area contributed by atoms with Gasteiger partial charge in [0.15, 0.2) is 11.5 Å². The topological polar surface area (TPSA) is 54.0 Å². The number of hydrogen-bond acceptors (Lipinski definition) is 5. The summed E-state index contributed by atoms with van der Waals surface area (Å²) in [5.74, 6) is 1.32. The maximum absolute atomic E-state index is 12.6. The Morgan fingerprint density at radius 3 is 2.72 bits per heavy atom. The van der Waals surface area contributed by atoms with Gasteiger partial charge in [-0.05, 0) is 50.8 Å². The third-order valence-corrected chi connectivity index (χ3v) is 4.95. The highest BCUT2D eigenvalue weighted by Gasteiger charge is 2.54. The lowest BCUT2D eigenvalue weighted by molar-refractivity contribution is 0.000792. The van der Waals surface area contributed by atoms with Gasteiger partial charge in [-0.2, -0.15) is 0 Å². The van der Waals surface area contributed by atoms with Gasteiger partial charge in [-0.1, -0.05) is 13.3 Å². The molecule has 1 heterocycles. The second-order valence-corrected chi connectivity index (χ2v) is 6.81. The van der Waals surface area contributed by atoms with Crippen LogP contribution in [-0.4, -0.2) is 38.0 Å². The van der Waals surface area contributed by atoms with E-state index in [0.29, 0.717) is 42.8 Å². The van der Waals surface area contributed by atoms with Crippen LogP contribution in [0.1, 0.15) is 56.3 Å². The van der Waals surface area contributed by atoms with E-state index in [9.17, 15) is 4.79 Å². The molecular formula is C20H28O5. The van der Waals surface area contributed by atoms with Gasteiger partial charge in [-0.25, -0.2) is 4.79 Å². The van der Waals surface area contributed by atoms with E-state index in [4.69, 9.17) is 18.9 Å². The van der Waals surface area contributed by atoms with E-state index >= 15 is 0 Å². The maximum atomic E-state index is 12.6. The van der Waals surface area contributed by atoms with Crippen LogP contribution < -0.4 is 9.47 Å². The normalized spacial score (nSPS) is 21.0. The van der Waals surface area contributed by atoms with Crippen molar-refractivity contribution in [2.75, 3.05) is 26.4 Å². The van der Waals surface area contributed by atoms with Gasteiger partial charge in [-0.3, -0.25) is 0 Å². The van der Waals surface area contributed by atoms with Crippen molar-refractivity contribution in [2.45, 2.75) is 51.6 Å². The van der Waals surface area contributed by atoms with Crippen molar-refractivity contribution in [3.8, 4) is 11.5 Å². The molecule has 1 aliphatic carbocycles. The predicted octanol–water partition coefficient (Wildman–Crippen LogP) is 3.99. The van der Waals surface area contributed by atoms with Gasteiger partial charge >= 0.3 is 5.97 Å². The zero-order valence-electron chi connectivity index (χ0n) is 15.2. The molecule has 0 N–H and O–H groups in total. The summed E-state index contributed by atoms with van der Waals surface area (Å²) in [4.78, 5) is 12.6.